The highest BCUT2D eigenvalue weighted by Gasteiger charge is 2.25. The molecule has 1 fully saturated rings. The topological polar surface area (TPSA) is 61.4 Å². The lowest BCUT2D eigenvalue weighted by Gasteiger charge is -2.13. The number of hydrogen-bond donors (Lipinski definition) is 3. The zero-order chi connectivity index (χ0) is 13.9. The molecule has 4 nitrogen and oxygen atoms in total. The fourth-order valence-electron chi connectivity index (χ4n) is 3.02. The van der Waals surface area contributed by atoms with Gasteiger partial charge in [0, 0.05) is 30.4 Å². The summed E-state index contributed by atoms with van der Waals surface area (Å²) in [6.45, 7) is 1.96. The Morgan fingerprint density at radius 3 is 3.00 bits per heavy atom. The van der Waals surface area contributed by atoms with Gasteiger partial charge in [0.05, 0.1) is 11.0 Å². The molecule has 20 heavy (non-hydrogen) atoms. The average molecular weight is 294 g/mol. The van der Waals surface area contributed by atoms with Crippen molar-refractivity contribution in [2.45, 2.75) is 38.2 Å². The summed E-state index contributed by atoms with van der Waals surface area (Å²) in [6.07, 6.45) is 5.69. The van der Waals surface area contributed by atoms with Gasteiger partial charge in [-0.2, -0.15) is 0 Å². The van der Waals surface area contributed by atoms with Crippen LogP contribution in [-0.4, -0.2) is 36.8 Å². The largest absolute Gasteiger partial charge is 0.391 e. The molecule has 2 aliphatic rings. The minimum absolute atomic E-state index is 0.0159. The molecule has 2 unspecified atom stereocenters. The zero-order valence-electron chi connectivity index (χ0n) is 11.7. The van der Waals surface area contributed by atoms with E-state index in [1.165, 1.54) is 29.7 Å². The summed E-state index contributed by atoms with van der Waals surface area (Å²) >= 11 is 1.65. The summed E-state index contributed by atoms with van der Waals surface area (Å²) in [6, 6.07) is 2.07. The molecule has 1 aliphatic carbocycles. The number of hydrogen-bond acceptors (Lipinski definition) is 4. The molecule has 1 aliphatic heterocycles. The first-order valence-corrected chi connectivity index (χ1v) is 8.34. The van der Waals surface area contributed by atoms with E-state index in [-0.39, 0.29) is 17.9 Å². The van der Waals surface area contributed by atoms with Crippen molar-refractivity contribution in [3.63, 3.8) is 0 Å². The highest BCUT2D eigenvalue weighted by molar-refractivity contribution is 7.14. The number of aliphatic hydroxyl groups excluding tert-OH is 1. The molecule has 3 N–H and O–H groups in total. The number of carbonyl (C=O) groups excluding carboxylic acids is 1. The molecule has 1 saturated heterocycles. The highest BCUT2D eigenvalue weighted by atomic mass is 32.1. The van der Waals surface area contributed by atoms with E-state index in [1.807, 2.05) is 0 Å². The predicted octanol–water partition coefficient (Wildman–Crippen LogP) is 1.33. The summed E-state index contributed by atoms with van der Waals surface area (Å²) in [5, 5.41) is 15.8. The third-order valence-corrected chi connectivity index (χ3v) is 5.54. The molecule has 0 aromatic carbocycles. The summed E-state index contributed by atoms with van der Waals surface area (Å²) in [5.41, 5.74) is 1.38. The monoisotopic (exact) mass is 294 g/mol. The van der Waals surface area contributed by atoms with Crippen molar-refractivity contribution in [3.05, 3.63) is 21.4 Å². The van der Waals surface area contributed by atoms with E-state index < -0.39 is 0 Å². The Balaban J connectivity index is 1.59. The van der Waals surface area contributed by atoms with E-state index in [4.69, 9.17) is 0 Å². The van der Waals surface area contributed by atoms with Gasteiger partial charge in [-0.1, -0.05) is 6.42 Å². The summed E-state index contributed by atoms with van der Waals surface area (Å²) in [4.78, 5) is 14.4. The maximum atomic E-state index is 12.2. The van der Waals surface area contributed by atoms with Gasteiger partial charge in [0.15, 0.2) is 0 Å². The third kappa shape index (κ3) is 3.05. The van der Waals surface area contributed by atoms with Crippen LogP contribution >= 0.6 is 11.3 Å². The minimum Gasteiger partial charge on any atom is -0.391 e. The Kier molecular flexibility index (Phi) is 4.38. The SMILES string of the molecule is O=C(NCC1CNCC1O)c1cc2c(s1)CCCCC2. The molecule has 1 amide bonds. The van der Waals surface area contributed by atoms with Crippen molar-refractivity contribution in [2.24, 2.45) is 5.92 Å². The number of fused-ring (bicyclic) bond motifs is 1. The first-order chi connectivity index (χ1) is 9.74. The molecule has 0 spiro atoms. The second kappa shape index (κ2) is 6.24. The van der Waals surface area contributed by atoms with E-state index in [0.717, 1.165) is 24.3 Å². The van der Waals surface area contributed by atoms with Gasteiger partial charge in [-0.05, 0) is 37.3 Å². The molecule has 2 heterocycles. The first kappa shape index (κ1) is 14.0. The van der Waals surface area contributed by atoms with Crippen LogP contribution in [0.1, 0.15) is 39.4 Å². The quantitative estimate of drug-likeness (QED) is 0.737. The Labute approximate surface area is 123 Å². The molecule has 1 aromatic heterocycles. The second-order valence-electron chi connectivity index (χ2n) is 5.82. The molecule has 110 valence electrons. The predicted molar refractivity (Wildman–Crippen MR) is 80.3 cm³/mol. The molecule has 0 radical (unpaired) electrons. The number of aryl methyl sites for hydroxylation is 2. The highest BCUT2D eigenvalue weighted by Crippen LogP contribution is 2.28. The van der Waals surface area contributed by atoms with Crippen LogP contribution in [0.4, 0.5) is 0 Å². The number of thiophene rings is 1. The van der Waals surface area contributed by atoms with Crippen LogP contribution in [0.5, 0.6) is 0 Å². The van der Waals surface area contributed by atoms with Crippen LogP contribution in [0.25, 0.3) is 0 Å². The molecule has 3 rings (SSSR count). The maximum absolute atomic E-state index is 12.2. The number of nitrogens with one attached hydrogen (secondary N) is 2. The van der Waals surface area contributed by atoms with Crippen LogP contribution in [-0.2, 0) is 12.8 Å². The number of amides is 1. The molecular formula is C15H22N2O2S. The van der Waals surface area contributed by atoms with Crippen molar-refractivity contribution in [3.8, 4) is 0 Å². The van der Waals surface area contributed by atoms with Gasteiger partial charge in [0.1, 0.15) is 0 Å². The van der Waals surface area contributed by atoms with Gasteiger partial charge in [-0.25, -0.2) is 0 Å². The number of aliphatic hydroxyl groups is 1. The zero-order valence-corrected chi connectivity index (χ0v) is 12.5. The normalized spacial score (nSPS) is 26.1. The van der Waals surface area contributed by atoms with Gasteiger partial charge < -0.3 is 15.7 Å². The Morgan fingerprint density at radius 2 is 2.20 bits per heavy atom. The third-order valence-electron chi connectivity index (χ3n) is 4.30. The Hall–Kier alpha value is -0.910. The van der Waals surface area contributed by atoms with E-state index in [9.17, 15) is 9.90 Å². The van der Waals surface area contributed by atoms with Crippen molar-refractivity contribution < 1.29 is 9.90 Å². The molecular weight excluding hydrogens is 272 g/mol. The van der Waals surface area contributed by atoms with Gasteiger partial charge in [-0.3, -0.25) is 4.79 Å². The van der Waals surface area contributed by atoms with Crippen molar-refractivity contribution in [1.82, 2.24) is 10.6 Å². The van der Waals surface area contributed by atoms with Crippen molar-refractivity contribution in [2.75, 3.05) is 19.6 Å². The van der Waals surface area contributed by atoms with Crippen molar-refractivity contribution in [1.29, 1.82) is 0 Å². The van der Waals surface area contributed by atoms with Crippen LogP contribution in [0, 0.1) is 5.92 Å². The van der Waals surface area contributed by atoms with Crippen LogP contribution in [0.3, 0.4) is 0 Å². The van der Waals surface area contributed by atoms with E-state index in [1.54, 1.807) is 11.3 Å². The average Bonchev–Trinajstić information content (AvgIpc) is 2.97. The standard InChI is InChI=1S/C15H22N2O2S/c18-12-9-16-7-11(12)8-17-15(19)14-6-10-4-2-1-3-5-13(10)20-14/h6,11-12,16,18H,1-5,7-9H2,(H,17,19). The lowest BCUT2D eigenvalue weighted by atomic mass is 10.1. The maximum Gasteiger partial charge on any atom is 0.261 e. The lowest BCUT2D eigenvalue weighted by Crippen LogP contribution is -2.34. The van der Waals surface area contributed by atoms with Crippen molar-refractivity contribution >= 4 is 17.2 Å². The minimum atomic E-state index is -0.338. The number of carbonyl (C=O) groups is 1. The van der Waals surface area contributed by atoms with Gasteiger partial charge in [-0.15, -0.1) is 11.3 Å². The Bertz CT molecular complexity index is 463. The van der Waals surface area contributed by atoms with E-state index in [2.05, 4.69) is 16.7 Å². The summed E-state index contributed by atoms with van der Waals surface area (Å²) < 4.78 is 0. The molecule has 5 heteroatoms. The van der Waals surface area contributed by atoms with Crippen LogP contribution in [0.15, 0.2) is 6.07 Å². The molecule has 2 atom stereocenters. The fourth-order valence-corrected chi connectivity index (χ4v) is 4.19. The number of β-amino-alcohol motifs (C(OH)–C–C–N with tert-alkyl or cyclic N) is 1. The summed E-state index contributed by atoms with van der Waals surface area (Å²) in [7, 11) is 0. The fraction of sp³-hybridized carbons (Fsp3) is 0.667. The molecule has 1 aromatic rings. The van der Waals surface area contributed by atoms with Gasteiger partial charge in [0.25, 0.3) is 5.91 Å². The van der Waals surface area contributed by atoms with E-state index >= 15 is 0 Å². The van der Waals surface area contributed by atoms with E-state index in [0.29, 0.717) is 13.1 Å². The molecule has 0 saturated carbocycles. The lowest BCUT2D eigenvalue weighted by molar-refractivity contribution is 0.0931. The van der Waals surface area contributed by atoms with Crippen LogP contribution < -0.4 is 10.6 Å². The smallest absolute Gasteiger partial charge is 0.261 e. The van der Waals surface area contributed by atoms with Crippen LogP contribution in [0.2, 0.25) is 0 Å². The first-order valence-electron chi connectivity index (χ1n) is 7.52. The summed E-state index contributed by atoms with van der Waals surface area (Å²) in [5.74, 6) is 0.152. The molecule has 0 bridgehead atoms. The Morgan fingerprint density at radius 1 is 1.35 bits per heavy atom. The second-order valence-corrected chi connectivity index (χ2v) is 6.95. The van der Waals surface area contributed by atoms with Gasteiger partial charge >= 0.3 is 0 Å². The van der Waals surface area contributed by atoms with Gasteiger partial charge in [0.2, 0.25) is 0 Å². The number of rotatable bonds is 3.